The summed E-state index contributed by atoms with van der Waals surface area (Å²) in [4.78, 5) is 4.28. The maximum Gasteiger partial charge on any atom is 0.0953 e. The van der Waals surface area contributed by atoms with Crippen molar-refractivity contribution < 1.29 is 0 Å². The number of imidazole rings is 1. The topological polar surface area (TPSA) is 29.9 Å². The Labute approximate surface area is 108 Å². The monoisotopic (exact) mass is 241 g/mol. The van der Waals surface area contributed by atoms with Gasteiger partial charge >= 0.3 is 0 Å². The Bertz CT molecular complexity index is 513. The van der Waals surface area contributed by atoms with Crippen LogP contribution < -0.4 is 5.32 Å². The molecule has 2 aromatic rings. The van der Waals surface area contributed by atoms with Crippen molar-refractivity contribution in [3.63, 3.8) is 0 Å². The Morgan fingerprint density at radius 2 is 2.17 bits per heavy atom. The van der Waals surface area contributed by atoms with Crippen LogP contribution in [0.15, 0.2) is 36.8 Å². The van der Waals surface area contributed by atoms with Crippen LogP contribution in [0, 0.1) is 0 Å². The summed E-state index contributed by atoms with van der Waals surface area (Å²) >= 11 is 0. The summed E-state index contributed by atoms with van der Waals surface area (Å²) in [5, 5.41) is 3.33. The van der Waals surface area contributed by atoms with Gasteiger partial charge in [0, 0.05) is 24.1 Å². The van der Waals surface area contributed by atoms with Crippen LogP contribution in [0.25, 0.3) is 0 Å². The molecule has 1 atom stereocenters. The third-order valence-corrected chi connectivity index (χ3v) is 3.67. The van der Waals surface area contributed by atoms with Crippen molar-refractivity contribution in [3.8, 4) is 0 Å². The molecule has 0 saturated carbocycles. The summed E-state index contributed by atoms with van der Waals surface area (Å²) in [6.07, 6.45) is 7.59. The maximum absolute atomic E-state index is 4.28. The van der Waals surface area contributed by atoms with Gasteiger partial charge in [0.25, 0.3) is 0 Å². The van der Waals surface area contributed by atoms with Gasteiger partial charge in [0.1, 0.15) is 0 Å². The summed E-state index contributed by atoms with van der Waals surface area (Å²) in [5.74, 6) is 0. The normalized spacial score (nSPS) is 18.4. The summed E-state index contributed by atoms with van der Waals surface area (Å²) in [7, 11) is 0. The molecule has 0 unspecified atom stereocenters. The second kappa shape index (κ2) is 4.84. The summed E-state index contributed by atoms with van der Waals surface area (Å²) in [5.41, 5.74) is 3.94. The number of anilines is 1. The van der Waals surface area contributed by atoms with Gasteiger partial charge < -0.3 is 9.88 Å². The van der Waals surface area contributed by atoms with Crippen LogP contribution in [0.2, 0.25) is 0 Å². The first kappa shape index (κ1) is 11.3. The minimum atomic E-state index is 0.465. The Balaban J connectivity index is 1.88. The van der Waals surface area contributed by atoms with Crippen LogP contribution in [0.3, 0.4) is 0 Å². The fourth-order valence-electron chi connectivity index (χ4n) is 2.78. The SMILES string of the molecule is CCNc1ccc([C@H]2CCCc3cncn32)cc1. The van der Waals surface area contributed by atoms with Gasteiger partial charge in [-0.1, -0.05) is 12.1 Å². The van der Waals surface area contributed by atoms with Crippen molar-refractivity contribution in [2.45, 2.75) is 32.2 Å². The van der Waals surface area contributed by atoms with Gasteiger partial charge in [-0.3, -0.25) is 0 Å². The summed E-state index contributed by atoms with van der Waals surface area (Å²) in [6, 6.07) is 9.27. The van der Waals surface area contributed by atoms with Gasteiger partial charge in [0.2, 0.25) is 0 Å². The largest absolute Gasteiger partial charge is 0.385 e. The van der Waals surface area contributed by atoms with Gasteiger partial charge in [0.15, 0.2) is 0 Å². The van der Waals surface area contributed by atoms with Gasteiger partial charge in [0.05, 0.1) is 12.4 Å². The number of hydrogen-bond donors (Lipinski definition) is 1. The van der Waals surface area contributed by atoms with Gasteiger partial charge in [-0.25, -0.2) is 4.98 Å². The molecule has 94 valence electrons. The highest BCUT2D eigenvalue weighted by atomic mass is 15.1. The first-order chi connectivity index (χ1) is 8.88. The molecule has 0 amide bonds. The highest BCUT2D eigenvalue weighted by Crippen LogP contribution is 2.30. The molecular weight excluding hydrogens is 222 g/mol. The highest BCUT2D eigenvalue weighted by Gasteiger charge is 2.20. The lowest BCUT2D eigenvalue weighted by Crippen LogP contribution is -2.17. The molecule has 2 heterocycles. The summed E-state index contributed by atoms with van der Waals surface area (Å²) in [6.45, 7) is 3.08. The first-order valence-electron chi connectivity index (χ1n) is 6.73. The van der Waals surface area contributed by atoms with Crippen molar-refractivity contribution in [1.82, 2.24) is 9.55 Å². The van der Waals surface area contributed by atoms with Gasteiger partial charge in [-0.2, -0.15) is 0 Å². The van der Waals surface area contributed by atoms with Crippen LogP contribution in [0.1, 0.15) is 37.1 Å². The average molecular weight is 241 g/mol. The van der Waals surface area contributed by atoms with Crippen LogP contribution in [0.4, 0.5) is 5.69 Å². The van der Waals surface area contributed by atoms with E-state index in [-0.39, 0.29) is 0 Å². The van der Waals surface area contributed by atoms with E-state index < -0.39 is 0 Å². The highest BCUT2D eigenvalue weighted by molar-refractivity contribution is 5.45. The standard InChI is InChI=1S/C15H19N3/c1-2-17-13-8-6-12(7-9-13)15-5-3-4-14-10-16-11-18(14)15/h6-11,15,17H,2-5H2,1H3/t15-/m1/s1. The molecule has 18 heavy (non-hydrogen) atoms. The molecule has 1 aliphatic rings. The number of aromatic nitrogens is 2. The van der Waals surface area contributed by atoms with E-state index >= 15 is 0 Å². The van der Waals surface area contributed by atoms with Crippen molar-refractivity contribution in [1.29, 1.82) is 0 Å². The van der Waals surface area contributed by atoms with Crippen molar-refractivity contribution in [3.05, 3.63) is 48.0 Å². The zero-order valence-corrected chi connectivity index (χ0v) is 10.8. The third-order valence-electron chi connectivity index (χ3n) is 3.67. The molecule has 1 N–H and O–H groups in total. The van der Waals surface area contributed by atoms with Gasteiger partial charge in [-0.15, -0.1) is 0 Å². The van der Waals surface area contributed by atoms with Crippen LogP contribution in [0.5, 0.6) is 0 Å². The Hall–Kier alpha value is -1.77. The Morgan fingerprint density at radius 1 is 1.33 bits per heavy atom. The van der Waals surface area contributed by atoms with Crippen molar-refractivity contribution in [2.24, 2.45) is 0 Å². The maximum atomic E-state index is 4.28. The van der Waals surface area contributed by atoms with Crippen molar-refractivity contribution in [2.75, 3.05) is 11.9 Å². The van der Waals surface area contributed by atoms with E-state index in [0.29, 0.717) is 6.04 Å². The second-order valence-corrected chi connectivity index (χ2v) is 4.85. The van der Waals surface area contributed by atoms with Gasteiger partial charge in [-0.05, 0) is 43.9 Å². The van der Waals surface area contributed by atoms with E-state index in [9.17, 15) is 0 Å². The molecule has 3 rings (SSSR count). The Morgan fingerprint density at radius 3 is 2.94 bits per heavy atom. The molecule has 1 aromatic carbocycles. The lowest BCUT2D eigenvalue weighted by Gasteiger charge is -2.26. The number of aryl methyl sites for hydroxylation is 1. The number of nitrogens with zero attached hydrogens (tertiary/aromatic N) is 2. The molecule has 0 bridgehead atoms. The van der Waals surface area contributed by atoms with Crippen LogP contribution in [-0.4, -0.2) is 16.1 Å². The molecule has 3 heteroatoms. The smallest absolute Gasteiger partial charge is 0.0953 e. The van der Waals surface area contributed by atoms with E-state index in [1.54, 1.807) is 0 Å². The lowest BCUT2D eigenvalue weighted by atomic mass is 9.96. The number of rotatable bonds is 3. The minimum Gasteiger partial charge on any atom is -0.385 e. The molecule has 0 spiro atoms. The molecule has 1 aliphatic heterocycles. The van der Waals surface area contributed by atoms with E-state index in [1.807, 2.05) is 12.5 Å². The van der Waals surface area contributed by atoms with E-state index in [1.165, 1.54) is 29.8 Å². The predicted octanol–water partition coefficient (Wildman–Crippen LogP) is 3.24. The predicted molar refractivity (Wildman–Crippen MR) is 73.9 cm³/mol. The van der Waals surface area contributed by atoms with Crippen molar-refractivity contribution >= 4 is 5.69 Å². The third kappa shape index (κ3) is 2.01. The second-order valence-electron chi connectivity index (χ2n) is 4.85. The first-order valence-corrected chi connectivity index (χ1v) is 6.73. The van der Waals surface area contributed by atoms with Crippen LogP contribution in [-0.2, 0) is 6.42 Å². The van der Waals surface area contributed by atoms with E-state index in [2.05, 4.69) is 46.1 Å². The van der Waals surface area contributed by atoms with E-state index in [0.717, 1.165) is 13.0 Å². The average Bonchev–Trinajstić information content (AvgIpc) is 2.88. The molecule has 0 saturated heterocycles. The molecule has 0 fully saturated rings. The number of hydrogen-bond acceptors (Lipinski definition) is 2. The molecule has 1 aromatic heterocycles. The number of benzene rings is 1. The number of nitrogens with one attached hydrogen (secondary N) is 1. The quantitative estimate of drug-likeness (QED) is 0.894. The minimum absolute atomic E-state index is 0.465. The Kier molecular flexibility index (Phi) is 3.05. The zero-order chi connectivity index (χ0) is 12.4. The zero-order valence-electron chi connectivity index (χ0n) is 10.8. The lowest BCUT2D eigenvalue weighted by molar-refractivity contribution is 0.458. The number of fused-ring (bicyclic) bond motifs is 1. The fourth-order valence-corrected chi connectivity index (χ4v) is 2.78. The summed E-state index contributed by atoms with van der Waals surface area (Å²) < 4.78 is 2.33. The van der Waals surface area contributed by atoms with E-state index in [4.69, 9.17) is 0 Å². The fraction of sp³-hybridized carbons (Fsp3) is 0.400. The molecular formula is C15H19N3. The molecule has 0 radical (unpaired) electrons. The van der Waals surface area contributed by atoms with Crippen LogP contribution >= 0.6 is 0 Å². The molecule has 0 aliphatic carbocycles. The molecule has 3 nitrogen and oxygen atoms in total.